The van der Waals surface area contributed by atoms with Crippen LogP contribution in [0.25, 0.3) is 0 Å². The summed E-state index contributed by atoms with van der Waals surface area (Å²) < 4.78 is 3.65. The fourth-order valence-corrected chi connectivity index (χ4v) is 3.13. The number of hydrogen-bond acceptors (Lipinski definition) is 4. The molecule has 1 fully saturated rings. The van der Waals surface area contributed by atoms with Gasteiger partial charge >= 0.3 is 12.0 Å². The quantitative estimate of drug-likeness (QED) is 0.795. The largest absolute Gasteiger partial charge is 0.402 e. The number of carbonyl (C=O) groups is 2. The summed E-state index contributed by atoms with van der Waals surface area (Å²) in [5, 5.41) is 9.22. The van der Waals surface area contributed by atoms with Gasteiger partial charge in [0.2, 0.25) is 11.9 Å². The Bertz CT molecular complexity index is 694. The van der Waals surface area contributed by atoms with Crippen molar-refractivity contribution in [3.63, 3.8) is 0 Å². The first-order chi connectivity index (χ1) is 11.0. The van der Waals surface area contributed by atoms with Crippen LogP contribution in [0.5, 0.6) is 0 Å². The van der Waals surface area contributed by atoms with Gasteiger partial charge in [0, 0.05) is 13.6 Å². The van der Waals surface area contributed by atoms with E-state index in [0.717, 1.165) is 18.5 Å². The molecule has 1 unspecified atom stereocenters. The number of aliphatic imine (C=N–C) groups is 1. The molecule has 1 aromatic heterocycles. The smallest absolute Gasteiger partial charge is 0.393 e. The Kier molecular flexibility index (Phi) is 3.93. The lowest BCUT2D eigenvalue weighted by molar-refractivity contribution is -0.677. The van der Waals surface area contributed by atoms with Crippen LogP contribution in [0.4, 0.5) is 10.7 Å². The number of urea groups is 1. The lowest BCUT2D eigenvalue weighted by Gasteiger charge is -2.33. The highest BCUT2D eigenvalue weighted by molar-refractivity contribution is 6.19. The Morgan fingerprint density at radius 3 is 2.74 bits per heavy atom. The van der Waals surface area contributed by atoms with Crippen molar-refractivity contribution in [2.45, 2.75) is 39.3 Å². The maximum Gasteiger partial charge on any atom is 0.402 e. The Labute approximate surface area is 134 Å². The van der Waals surface area contributed by atoms with E-state index in [0.29, 0.717) is 24.9 Å². The van der Waals surface area contributed by atoms with Crippen LogP contribution in [0, 0.1) is 6.92 Å². The molecule has 1 aromatic rings. The molecule has 1 atom stereocenters. The predicted octanol–water partition coefficient (Wildman–Crippen LogP) is 0.355. The summed E-state index contributed by atoms with van der Waals surface area (Å²) in [4.78, 5) is 32.5. The number of aromatic nitrogens is 2. The standard InChI is InChI=1S/C15H22N5O3/c1-4-5-6-19-13(22)11-12(17(3)15(19)23)16-14-18(7-8-21)10(2)9-20(11)14/h9,11,21H,4-8H2,1-3H3/q+1. The van der Waals surface area contributed by atoms with E-state index in [4.69, 9.17) is 0 Å². The van der Waals surface area contributed by atoms with Gasteiger partial charge in [-0.2, -0.15) is 0 Å². The molecule has 8 nitrogen and oxygen atoms in total. The molecule has 0 aliphatic carbocycles. The van der Waals surface area contributed by atoms with Gasteiger partial charge < -0.3 is 5.11 Å². The molecule has 3 heterocycles. The number of imidazole rings is 1. The number of imide groups is 1. The molecule has 0 spiro atoms. The van der Waals surface area contributed by atoms with E-state index < -0.39 is 6.04 Å². The third kappa shape index (κ3) is 2.24. The molecule has 124 valence electrons. The van der Waals surface area contributed by atoms with Crippen LogP contribution in [0.3, 0.4) is 0 Å². The Balaban J connectivity index is 2.02. The van der Waals surface area contributed by atoms with Crippen molar-refractivity contribution in [2.75, 3.05) is 20.2 Å². The number of amides is 3. The van der Waals surface area contributed by atoms with Crippen LogP contribution in [0.15, 0.2) is 11.2 Å². The number of amidine groups is 1. The molecule has 2 aliphatic rings. The van der Waals surface area contributed by atoms with Crippen LogP contribution >= 0.6 is 0 Å². The Morgan fingerprint density at radius 2 is 2.09 bits per heavy atom. The lowest BCUT2D eigenvalue weighted by atomic mass is 10.1. The van der Waals surface area contributed by atoms with Gasteiger partial charge in [0.05, 0.1) is 13.2 Å². The highest BCUT2D eigenvalue weighted by atomic mass is 16.3. The number of fused-ring (bicyclic) bond motifs is 3. The molecule has 0 saturated carbocycles. The minimum atomic E-state index is -0.594. The molecule has 23 heavy (non-hydrogen) atoms. The summed E-state index contributed by atoms with van der Waals surface area (Å²) in [5.41, 5.74) is 0.921. The van der Waals surface area contributed by atoms with E-state index in [1.165, 1.54) is 9.80 Å². The van der Waals surface area contributed by atoms with Crippen molar-refractivity contribution in [2.24, 2.45) is 4.99 Å². The molecular weight excluding hydrogens is 298 g/mol. The number of aliphatic hydroxyl groups excluding tert-OH is 1. The number of rotatable bonds is 5. The number of unbranched alkanes of at least 4 members (excludes halogenated alkanes) is 1. The molecule has 3 rings (SSSR count). The van der Waals surface area contributed by atoms with Gasteiger partial charge in [0.15, 0.2) is 0 Å². The second kappa shape index (κ2) is 5.77. The molecule has 3 amide bonds. The van der Waals surface area contributed by atoms with Gasteiger partial charge in [-0.1, -0.05) is 18.3 Å². The van der Waals surface area contributed by atoms with E-state index in [1.54, 1.807) is 11.6 Å². The Hall–Kier alpha value is -2.22. The molecular formula is C15H22N5O3+. The third-order valence-corrected chi connectivity index (χ3v) is 4.38. The van der Waals surface area contributed by atoms with Gasteiger partial charge in [-0.15, -0.1) is 0 Å². The number of aliphatic hydroxyl groups is 1. The molecule has 1 saturated heterocycles. The second-order valence-electron chi connectivity index (χ2n) is 5.91. The minimum absolute atomic E-state index is 0.0105. The van der Waals surface area contributed by atoms with E-state index in [9.17, 15) is 14.7 Å². The van der Waals surface area contributed by atoms with Crippen molar-refractivity contribution in [1.29, 1.82) is 0 Å². The SMILES string of the molecule is CCCCN1C(=O)C2C(=Nc3n(CCO)c(C)c[n+]32)N(C)C1=O. The zero-order chi connectivity index (χ0) is 16.7. The predicted molar refractivity (Wildman–Crippen MR) is 82.4 cm³/mol. The number of nitrogens with zero attached hydrogens (tertiary/aromatic N) is 5. The second-order valence-corrected chi connectivity index (χ2v) is 5.91. The van der Waals surface area contributed by atoms with Crippen molar-refractivity contribution >= 4 is 23.7 Å². The maximum atomic E-state index is 12.8. The zero-order valence-corrected chi connectivity index (χ0v) is 13.7. The van der Waals surface area contributed by atoms with Gasteiger partial charge in [0.25, 0.3) is 5.91 Å². The first kappa shape index (κ1) is 15.7. The minimum Gasteiger partial charge on any atom is -0.393 e. The summed E-state index contributed by atoms with van der Waals surface area (Å²) in [6.07, 6.45) is 3.55. The van der Waals surface area contributed by atoms with Crippen molar-refractivity contribution in [1.82, 2.24) is 14.4 Å². The number of carbonyl (C=O) groups excluding carboxylic acids is 2. The van der Waals surface area contributed by atoms with Crippen LogP contribution in [0.1, 0.15) is 31.5 Å². The highest BCUT2D eigenvalue weighted by Gasteiger charge is 2.52. The lowest BCUT2D eigenvalue weighted by Crippen LogP contribution is -2.62. The third-order valence-electron chi connectivity index (χ3n) is 4.38. The van der Waals surface area contributed by atoms with Crippen molar-refractivity contribution in [3.05, 3.63) is 11.9 Å². The van der Waals surface area contributed by atoms with E-state index in [2.05, 4.69) is 4.99 Å². The van der Waals surface area contributed by atoms with E-state index in [1.807, 2.05) is 24.6 Å². The average molecular weight is 320 g/mol. The maximum absolute atomic E-state index is 12.8. The molecule has 8 heteroatoms. The van der Waals surface area contributed by atoms with Gasteiger partial charge in [-0.25, -0.2) is 13.9 Å². The van der Waals surface area contributed by atoms with Crippen LogP contribution in [-0.4, -0.2) is 57.4 Å². The van der Waals surface area contributed by atoms with E-state index >= 15 is 0 Å². The first-order valence-electron chi connectivity index (χ1n) is 7.91. The van der Waals surface area contributed by atoms with Gasteiger partial charge in [-0.05, 0) is 13.3 Å². The molecule has 0 radical (unpaired) electrons. The molecule has 0 aromatic carbocycles. The van der Waals surface area contributed by atoms with Crippen LogP contribution < -0.4 is 4.57 Å². The zero-order valence-electron chi connectivity index (χ0n) is 13.7. The number of aryl methyl sites for hydroxylation is 1. The van der Waals surface area contributed by atoms with Gasteiger partial charge in [-0.3, -0.25) is 14.6 Å². The monoisotopic (exact) mass is 320 g/mol. The summed E-state index contributed by atoms with van der Waals surface area (Å²) in [6, 6.07) is -0.919. The summed E-state index contributed by atoms with van der Waals surface area (Å²) >= 11 is 0. The fraction of sp³-hybridized carbons (Fsp3) is 0.600. The van der Waals surface area contributed by atoms with Crippen molar-refractivity contribution < 1.29 is 19.3 Å². The van der Waals surface area contributed by atoms with E-state index in [-0.39, 0.29) is 18.5 Å². The normalized spacial score (nSPS) is 20.0. The average Bonchev–Trinajstić information content (AvgIpc) is 3.02. The fourth-order valence-electron chi connectivity index (χ4n) is 3.13. The van der Waals surface area contributed by atoms with Crippen LogP contribution in [0.2, 0.25) is 0 Å². The summed E-state index contributed by atoms with van der Waals surface area (Å²) in [6.45, 7) is 4.75. The number of hydrogen-bond donors (Lipinski definition) is 1. The highest BCUT2D eigenvalue weighted by Crippen LogP contribution is 2.29. The van der Waals surface area contributed by atoms with Crippen molar-refractivity contribution in [3.8, 4) is 0 Å². The topological polar surface area (TPSA) is 82.0 Å². The molecule has 2 aliphatic heterocycles. The molecule has 0 bridgehead atoms. The first-order valence-corrected chi connectivity index (χ1v) is 7.91. The molecule has 1 N–H and O–H groups in total. The Morgan fingerprint density at radius 1 is 1.35 bits per heavy atom. The number of likely N-dealkylation sites (N-methyl/N-ethyl adjacent to an activating group) is 1. The van der Waals surface area contributed by atoms with Gasteiger partial charge in [0.1, 0.15) is 11.9 Å². The summed E-state index contributed by atoms with van der Waals surface area (Å²) in [7, 11) is 1.65. The summed E-state index contributed by atoms with van der Waals surface area (Å²) in [5.74, 6) is 0.821. The van der Waals surface area contributed by atoms with Crippen LogP contribution in [-0.2, 0) is 11.3 Å².